The SMILES string of the molecule is CCCC(=O)N1CCN(C(=O)C2CCN(C(C)=O)CC2)CC1. The van der Waals surface area contributed by atoms with E-state index in [0.29, 0.717) is 45.7 Å². The average molecular weight is 309 g/mol. The molecule has 0 radical (unpaired) electrons. The van der Waals surface area contributed by atoms with E-state index in [9.17, 15) is 14.4 Å². The largest absolute Gasteiger partial charge is 0.343 e. The van der Waals surface area contributed by atoms with Crippen LogP contribution < -0.4 is 0 Å². The fraction of sp³-hybridized carbons (Fsp3) is 0.812. The van der Waals surface area contributed by atoms with Crippen molar-refractivity contribution in [3.8, 4) is 0 Å². The Hall–Kier alpha value is -1.59. The number of piperidine rings is 1. The highest BCUT2D eigenvalue weighted by molar-refractivity contribution is 5.80. The molecule has 0 aromatic rings. The first-order chi connectivity index (χ1) is 10.5. The number of hydrogen-bond acceptors (Lipinski definition) is 3. The van der Waals surface area contributed by atoms with E-state index in [0.717, 1.165) is 19.3 Å². The summed E-state index contributed by atoms with van der Waals surface area (Å²) in [5, 5.41) is 0. The molecule has 6 nitrogen and oxygen atoms in total. The molecule has 2 rings (SSSR count). The lowest BCUT2D eigenvalue weighted by Gasteiger charge is -2.38. The highest BCUT2D eigenvalue weighted by Gasteiger charge is 2.31. The molecule has 0 spiro atoms. The number of likely N-dealkylation sites (tertiary alicyclic amines) is 1. The van der Waals surface area contributed by atoms with Gasteiger partial charge in [0.15, 0.2) is 0 Å². The molecule has 0 unspecified atom stereocenters. The molecular weight excluding hydrogens is 282 g/mol. The third kappa shape index (κ3) is 3.99. The van der Waals surface area contributed by atoms with Gasteiger partial charge in [-0.25, -0.2) is 0 Å². The zero-order valence-corrected chi connectivity index (χ0v) is 13.7. The van der Waals surface area contributed by atoms with Crippen molar-refractivity contribution in [1.82, 2.24) is 14.7 Å². The Bertz CT molecular complexity index is 422. The number of amides is 3. The maximum atomic E-state index is 12.6. The van der Waals surface area contributed by atoms with Gasteiger partial charge in [-0.05, 0) is 19.3 Å². The Morgan fingerprint density at radius 1 is 0.864 bits per heavy atom. The molecule has 2 saturated heterocycles. The molecule has 124 valence electrons. The molecule has 2 heterocycles. The number of rotatable bonds is 3. The maximum Gasteiger partial charge on any atom is 0.225 e. The van der Waals surface area contributed by atoms with E-state index in [-0.39, 0.29) is 23.6 Å². The summed E-state index contributed by atoms with van der Waals surface area (Å²) >= 11 is 0. The minimum Gasteiger partial charge on any atom is -0.343 e. The van der Waals surface area contributed by atoms with Gasteiger partial charge in [-0.1, -0.05) is 6.92 Å². The first-order valence-corrected chi connectivity index (χ1v) is 8.35. The molecule has 0 bridgehead atoms. The second-order valence-electron chi connectivity index (χ2n) is 6.24. The minimum atomic E-state index is 0.0356. The molecule has 0 atom stereocenters. The Balaban J connectivity index is 1.78. The van der Waals surface area contributed by atoms with Crippen molar-refractivity contribution in [2.75, 3.05) is 39.3 Å². The van der Waals surface area contributed by atoms with Crippen LogP contribution in [0.4, 0.5) is 0 Å². The summed E-state index contributed by atoms with van der Waals surface area (Å²) in [5.74, 6) is 0.526. The first kappa shape index (κ1) is 16.8. The van der Waals surface area contributed by atoms with Crippen LogP contribution >= 0.6 is 0 Å². The fourth-order valence-electron chi connectivity index (χ4n) is 3.25. The summed E-state index contributed by atoms with van der Waals surface area (Å²) in [5.41, 5.74) is 0. The molecule has 22 heavy (non-hydrogen) atoms. The summed E-state index contributed by atoms with van der Waals surface area (Å²) in [4.78, 5) is 41.3. The zero-order valence-electron chi connectivity index (χ0n) is 13.7. The van der Waals surface area contributed by atoms with Crippen molar-refractivity contribution >= 4 is 17.7 Å². The number of carbonyl (C=O) groups excluding carboxylic acids is 3. The van der Waals surface area contributed by atoms with E-state index in [1.54, 1.807) is 6.92 Å². The van der Waals surface area contributed by atoms with Gasteiger partial charge in [0.05, 0.1) is 0 Å². The van der Waals surface area contributed by atoms with Crippen molar-refractivity contribution in [2.24, 2.45) is 5.92 Å². The van der Waals surface area contributed by atoms with Crippen molar-refractivity contribution in [2.45, 2.75) is 39.5 Å². The number of piperazine rings is 1. The standard InChI is InChI=1S/C16H27N3O3/c1-3-4-15(21)18-9-11-19(12-10-18)16(22)14-5-7-17(8-6-14)13(2)20/h14H,3-12H2,1-2H3. The van der Waals surface area contributed by atoms with Crippen LogP contribution in [0, 0.1) is 5.92 Å². The van der Waals surface area contributed by atoms with E-state index in [1.807, 2.05) is 21.6 Å². The van der Waals surface area contributed by atoms with Gasteiger partial charge >= 0.3 is 0 Å². The van der Waals surface area contributed by atoms with Crippen molar-refractivity contribution in [3.63, 3.8) is 0 Å². The van der Waals surface area contributed by atoms with Gasteiger partial charge in [-0.15, -0.1) is 0 Å². The molecule has 3 amide bonds. The van der Waals surface area contributed by atoms with Crippen molar-refractivity contribution in [3.05, 3.63) is 0 Å². The monoisotopic (exact) mass is 309 g/mol. The molecule has 0 aromatic carbocycles. The highest BCUT2D eigenvalue weighted by Crippen LogP contribution is 2.20. The van der Waals surface area contributed by atoms with E-state index in [2.05, 4.69) is 0 Å². The molecule has 0 N–H and O–H groups in total. The van der Waals surface area contributed by atoms with E-state index < -0.39 is 0 Å². The van der Waals surface area contributed by atoms with Crippen LogP contribution in [0.25, 0.3) is 0 Å². The van der Waals surface area contributed by atoms with Crippen molar-refractivity contribution < 1.29 is 14.4 Å². The molecule has 6 heteroatoms. The molecule has 0 aliphatic carbocycles. The Morgan fingerprint density at radius 3 is 1.91 bits per heavy atom. The molecule has 2 fully saturated rings. The van der Waals surface area contributed by atoms with Crippen LogP contribution in [-0.4, -0.2) is 71.7 Å². The van der Waals surface area contributed by atoms with Crippen LogP contribution in [0.2, 0.25) is 0 Å². The van der Waals surface area contributed by atoms with Crippen molar-refractivity contribution in [1.29, 1.82) is 0 Å². The Kier molecular flexibility index (Phi) is 5.80. The first-order valence-electron chi connectivity index (χ1n) is 8.35. The summed E-state index contributed by atoms with van der Waals surface area (Å²) in [7, 11) is 0. The highest BCUT2D eigenvalue weighted by atomic mass is 16.2. The lowest BCUT2D eigenvalue weighted by Crippen LogP contribution is -2.53. The van der Waals surface area contributed by atoms with Crippen LogP contribution in [0.15, 0.2) is 0 Å². The van der Waals surface area contributed by atoms with Crippen LogP contribution in [-0.2, 0) is 14.4 Å². The lowest BCUT2D eigenvalue weighted by molar-refractivity contribution is -0.144. The summed E-state index contributed by atoms with van der Waals surface area (Å²) < 4.78 is 0. The number of hydrogen-bond donors (Lipinski definition) is 0. The predicted octanol–water partition coefficient (Wildman–Crippen LogP) is 0.716. The topological polar surface area (TPSA) is 60.9 Å². The quantitative estimate of drug-likeness (QED) is 0.771. The normalized spacial score (nSPS) is 20.2. The van der Waals surface area contributed by atoms with Crippen LogP contribution in [0.5, 0.6) is 0 Å². The van der Waals surface area contributed by atoms with E-state index in [4.69, 9.17) is 0 Å². The molecule has 0 saturated carbocycles. The van der Waals surface area contributed by atoms with Gasteiger partial charge in [-0.2, -0.15) is 0 Å². The average Bonchev–Trinajstić information content (AvgIpc) is 2.54. The zero-order chi connectivity index (χ0) is 16.1. The Labute approximate surface area is 132 Å². The fourth-order valence-corrected chi connectivity index (χ4v) is 3.25. The van der Waals surface area contributed by atoms with Gasteiger partial charge < -0.3 is 14.7 Å². The van der Waals surface area contributed by atoms with Gasteiger partial charge in [0, 0.05) is 58.5 Å². The third-order valence-corrected chi connectivity index (χ3v) is 4.70. The second kappa shape index (κ2) is 7.61. The van der Waals surface area contributed by atoms with E-state index in [1.165, 1.54) is 0 Å². The molecule has 2 aliphatic heterocycles. The predicted molar refractivity (Wildman–Crippen MR) is 83.0 cm³/mol. The van der Waals surface area contributed by atoms with E-state index >= 15 is 0 Å². The minimum absolute atomic E-state index is 0.0356. The van der Waals surface area contributed by atoms with Gasteiger partial charge in [0.2, 0.25) is 17.7 Å². The second-order valence-corrected chi connectivity index (χ2v) is 6.24. The number of nitrogens with zero attached hydrogens (tertiary/aromatic N) is 3. The maximum absolute atomic E-state index is 12.6. The van der Waals surface area contributed by atoms with Gasteiger partial charge in [0.1, 0.15) is 0 Å². The smallest absolute Gasteiger partial charge is 0.225 e. The molecule has 2 aliphatic rings. The molecule has 0 aromatic heterocycles. The van der Waals surface area contributed by atoms with Crippen LogP contribution in [0.3, 0.4) is 0 Å². The number of carbonyl (C=O) groups is 3. The Morgan fingerprint density at radius 2 is 1.41 bits per heavy atom. The third-order valence-electron chi connectivity index (χ3n) is 4.70. The molecular formula is C16H27N3O3. The van der Waals surface area contributed by atoms with Gasteiger partial charge in [-0.3, -0.25) is 14.4 Å². The van der Waals surface area contributed by atoms with Crippen LogP contribution in [0.1, 0.15) is 39.5 Å². The summed E-state index contributed by atoms with van der Waals surface area (Å²) in [6.07, 6.45) is 2.98. The summed E-state index contributed by atoms with van der Waals surface area (Å²) in [6, 6.07) is 0. The lowest BCUT2D eigenvalue weighted by atomic mass is 9.95. The summed E-state index contributed by atoms with van der Waals surface area (Å²) in [6.45, 7) is 7.53. The van der Waals surface area contributed by atoms with Gasteiger partial charge in [0.25, 0.3) is 0 Å².